The van der Waals surface area contributed by atoms with Gasteiger partial charge >= 0.3 is 0 Å². The van der Waals surface area contributed by atoms with Crippen molar-refractivity contribution < 1.29 is 0 Å². The van der Waals surface area contributed by atoms with E-state index >= 15 is 0 Å². The van der Waals surface area contributed by atoms with Gasteiger partial charge in [-0.15, -0.1) is 11.4 Å². The van der Waals surface area contributed by atoms with Crippen molar-refractivity contribution in [2.24, 2.45) is 0 Å². The molecule has 50 valence electrons. The first-order valence-corrected chi connectivity index (χ1v) is 6.53. The van der Waals surface area contributed by atoms with Crippen molar-refractivity contribution in [1.29, 1.82) is 0 Å². The van der Waals surface area contributed by atoms with Crippen LogP contribution in [0.1, 0.15) is 20.8 Å². The molecule has 0 atom stereocenters. The minimum absolute atomic E-state index is 0.360. The van der Waals surface area contributed by atoms with E-state index in [2.05, 4.69) is 32.2 Å². The summed E-state index contributed by atoms with van der Waals surface area (Å²) in [5, 5.41) is 0. The van der Waals surface area contributed by atoms with Crippen LogP contribution in [0.2, 0.25) is 0 Å². The van der Waals surface area contributed by atoms with Gasteiger partial charge in [0.05, 0.1) is 0 Å². The standard InChI is InChI=1S/C6H15PS/c1-4-7(5-2)8-6-3/h4-6H2,1-3H3. The zero-order valence-electron chi connectivity index (χ0n) is 5.98. The van der Waals surface area contributed by atoms with Crippen LogP contribution in [0.15, 0.2) is 0 Å². The molecule has 0 amide bonds. The Morgan fingerprint density at radius 1 is 1.12 bits per heavy atom. The summed E-state index contributed by atoms with van der Waals surface area (Å²) in [4.78, 5) is 0. The normalized spacial score (nSPS) is 10.5. The summed E-state index contributed by atoms with van der Waals surface area (Å²) >= 11 is 2.14. The van der Waals surface area contributed by atoms with Gasteiger partial charge in [0.1, 0.15) is 0 Å². The van der Waals surface area contributed by atoms with Gasteiger partial charge in [-0.25, -0.2) is 0 Å². The second kappa shape index (κ2) is 5.91. The molecule has 0 aromatic carbocycles. The van der Waals surface area contributed by atoms with Crippen LogP contribution in [0.25, 0.3) is 0 Å². The van der Waals surface area contributed by atoms with Gasteiger partial charge in [-0.1, -0.05) is 20.8 Å². The predicted octanol–water partition coefficient (Wildman–Crippen LogP) is 3.18. The fourth-order valence-corrected chi connectivity index (χ4v) is 3.96. The molecule has 0 aliphatic rings. The molecule has 0 spiro atoms. The van der Waals surface area contributed by atoms with Crippen molar-refractivity contribution in [2.75, 3.05) is 18.1 Å². The molecule has 0 aromatic heterocycles. The summed E-state index contributed by atoms with van der Waals surface area (Å²) in [5.74, 6) is 1.30. The Hall–Kier alpha value is 0.780. The Bertz CT molecular complexity index is 43.8. The lowest BCUT2D eigenvalue weighted by atomic mass is 11.0. The fourth-order valence-electron chi connectivity index (χ4n) is 0.589. The highest BCUT2D eigenvalue weighted by Crippen LogP contribution is 2.48. The number of rotatable bonds is 4. The molecule has 0 rings (SSSR count). The molecule has 0 N–H and O–H groups in total. The van der Waals surface area contributed by atoms with Crippen LogP contribution in [-0.2, 0) is 0 Å². The lowest BCUT2D eigenvalue weighted by Crippen LogP contribution is -1.76. The average molecular weight is 150 g/mol. The Kier molecular flexibility index (Phi) is 6.48. The molecule has 0 aliphatic carbocycles. The molecule has 2 heteroatoms. The summed E-state index contributed by atoms with van der Waals surface area (Å²) in [5.41, 5.74) is 0. The maximum atomic E-state index is 2.29. The van der Waals surface area contributed by atoms with E-state index in [0.717, 1.165) is 0 Å². The smallest absolute Gasteiger partial charge is 0.00542 e. The number of hydrogen-bond acceptors (Lipinski definition) is 1. The van der Waals surface area contributed by atoms with E-state index in [4.69, 9.17) is 0 Å². The molecule has 0 nitrogen and oxygen atoms in total. The Morgan fingerprint density at radius 3 is 1.75 bits per heavy atom. The first kappa shape index (κ1) is 8.78. The Balaban J connectivity index is 3.07. The van der Waals surface area contributed by atoms with E-state index in [1.165, 1.54) is 18.1 Å². The van der Waals surface area contributed by atoms with Crippen molar-refractivity contribution in [3.05, 3.63) is 0 Å². The minimum Gasteiger partial charge on any atom is -0.135 e. The van der Waals surface area contributed by atoms with Crippen LogP contribution in [0.4, 0.5) is 0 Å². The average Bonchev–Trinajstić information content (AvgIpc) is 1.83. The maximum Gasteiger partial charge on any atom is -0.00542 e. The topological polar surface area (TPSA) is 0 Å². The second-order valence-electron chi connectivity index (χ2n) is 1.53. The van der Waals surface area contributed by atoms with Crippen molar-refractivity contribution in [3.63, 3.8) is 0 Å². The third kappa shape index (κ3) is 3.74. The molecule has 0 unspecified atom stereocenters. The zero-order valence-corrected chi connectivity index (χ0v) is 7.69. The molecule has 0 saturated heterocycles. The van der Waals surface area contributed by atoms with E-state index in [0.29, 0.717) is 7.12 Å². The first-order chi connectivity index (χ1) is 3.85. The molecule has 0 aliphatic heterocycles. The van der Waals surface area contributed by atoms with Gasteiger partial charge in [0.25, 0.3) is 0 Å². The van der Waals surface area contributed by atoms with Crippen molar-refractivity contribution >= 4 is 18.5 Å². The maximum absolute atomic E-state index is 2.29. The Labute approximate surface area is 57.9 Å². The molecule has 0 radical (unpaired) electrons. The van der Waals surface area contributed by atoms with Crippen LogP contribution >= 0.6 is 18.5 Å². The molecular formula is C6H15PS. The lowest BCUT2D eigenvalue weighted by Gasteiger charge is -2.08. The molecular weight excluding hydrogens is 135 g/mol. The van der Waals surface area contributed by atoms with Gasteiger partial charge in [-0.2, -0.15) is 0 Å². The van der Waals surface area contributed by atoms with Gasteiger partial charge in [0.2, 0.25) is 0 Å². The minimum atomic E-state index is 0.360. The quantitative estimate of drug-likeness (QED) is 0.555. The molecule has 0 saturated carbocycles. The second-order valence-corrected chi connectivity index (χ2v) is 6.92. The zero-order chi connectivity index (χ0) is 6.41. The number of hydrogen-bond donors (Lipinski definition) is 0. The third-order valence-corrected chi connectivity index (χ3v) is 6.47. The van der Waals surface area contributed by atoms with Crippen molar-refractivity contribution in [3.8, 4) is 0 Å². The monoisotopic (exact) mass is 150 g/mol. The molecule has 0 aromatic rings. The predicted molar refractivity (Wildman–Crippen MR) is 46.1 cm³/mol. The van der Waals surface area contributed by atoms with E-state index in [1.54, 1.807) is 0 Å². The summed E-state index contributed by atoms with van der Waals surface area (Å²) in [6.07, 6.45) is 2.79. The van der Waals surface area contributed by atoms with E-state index in [-0.39, 0.29) is 0 Å². The highest BCUT2D eigenvalue weighted by molar-refractivity contribution is 8.55. The summed E-state index contributed by atoms with van der Waals surface area (Å²) in [6, 6.07) is 0. The Morgan fingerprint density at radius 2 is 1.62 bits per heavy atom. The van der Waals surface area contributed by atoms with E-state index < -0.39 is 0 Å². The van der Waals surface area contributed by atoms with Gasteiger partial charge in [-0.3, -0.25) is 0 Å². The molecule has 8 heavy (non-hydrogen) atoms. The molecule has 0 fully saturated rings. The molecule has 0 heterocycles. The van der Waals surface area contributed by atoms with Crippen LogP contribution in [0.5, 0.6) is 0 Å². The summed E-state index contributed by atoms with van der Waals surface area (Å²) in [6.45, 7) is 6.82. The van der Waals surface area contributed by atoms with Gasteiger partial charge in [0.15, 0.2) is 0 Å². The summed E-state index contributed by atoms with van der Waals surface area (Å²) in [7, 11) is 0.360. The highest BCUT2D eigenvalue weighted by Gasteiger charge is 1.98. The van der Waals surface area contributed by atoms with Crippen molar-refractivity contribution in [1.82, 2.24) is 0 Å². The van der Waals surface area contributed by atoms with Crippen LogP contribution < -0.4 is 0 Å². The van der Waals surface area contributed by atoms with Gasteiger partial charge < -0.3 is 0 Å². The molecule has 0 bridgehead atoms. The van der Waals surface area contributed by atoms with Crippen LogP contribution in [0, 0.1) is 0 Å². The van der Waals surface area contributed by atoms with E-state index in [9.17, 15) is 0 Å². The van der Waals surface area contributed by atoms with Crippen molar-refractivity contribution in [2.45, 2.75) is 20.8 Å². The third-order valence-electron chi connectivity index (χ3n) is 1.02. The summed E-state index contributed by atoms with van der Waals surface area (Å²) < 4.78 is 0. The van der Waals surface area contributed by atoms with E-state index in [1.807, 2.05) is 0 Å². The fraction of sp³-hybridized carbons (Fsp3) is 1.00. The van der Waals surface area contributed by atoms with Crippen LogP contribution in [0.3, 0.4) is 0 Å². The van der Waals surface area contributed by atoms with Crippen LogP contribution in [-0.4, -0.2) is 18.1 Å². The van der Waals surface area contributed by atoms with Gasteiger partial charge in [-0.05, 0) is 25.2 Å². The largest absolute Gasteiger partial charge is 0.135 e. The SMILES string of the molecule is CCSP(CC)CC. The first-order valence-electron chi connectivity index (χ1n) is 3.23. The van der Waals surface area contributed by atoms with Gasteiger partial charge in [0, 0.05) is 0 Å². The lowest BCUT2D eigenvalue weighted by molar-refractivity contribution is 1.43. The highest BCUT2D eigenvalue weighted by atomic mass is 32.7.